The van der Waals surface area contributed by atoms with Crippen LogP contribution in [0.2, 0.25) is 0 Å². The second-order valence-electron chi connectivity index (χ2n) is 8.57. The standard InChI is InChI=1S/C26H26N4O7S2/c1-17-22-24(38-23(17)26(33)37-14-13-36-19-7-5-4-6-8-19)27-16-30(25(22)32)15-21(31)28-18-9-11-20(12-10-18)39(34,35)29(2)3/h4-12,16H,13-15H2,1-3H3,(H,28,31). The lowest BCUT2D eigenvalue weighted by Crippen LogP contribution is -2.28. The molecular formula is C26H26N4O7S2. The number of carbonyl (C=O) groups is 2. The number of aromatic nitrogens is 2. The smallest absolute Gasteiger partial charge is 0.348 e. The Kier molecular flexibility index (Phi) is 8.43. The molecule has 4 rings (SSSR count). The first-order chi connectivity index (χ1) is 18.6. The Morgan fingerprint density at radius 1 is 1.05 bits per heavy atom. The van der Waals surface area contributed by atoms with Gasteiger partial charge in [0.2, 0.25) is 15.9 Å². The molecule has 2 aromatic heterocycles. The molecule has 4 aromatic rings. The Hall–Kier alpha value is -4.07. The molecule has 13 heteroatoms. The molecule has 0 unspecified atom stereocenters. The molecule has 0 saturated heterocycles. The van der Waals surface area contributed by atoms with Gasteiger partial charge >= 0.3 is 5.97 Å². The zero-order valence-corrected chi connectivity index (χ0v) is 23.0. The summed E-state index contributed by atoms with van der Waals surface area (Å²) in [6.45, 7) is 1.51. The Morgan fingerprint density at radius 2 is 1.74 bits per heavy atom. The minimum absolute atomic E-state index is 0.0291. The van der Waals surface area contributed by atoms with Crippen LogP contribution in [0.1, 0.15) is 15.2 Å². The van der Waals surface area contributed by atoms with E-state index in [0.29, 0.717) is 21.8 Å². The van der Waals surface area contributed by atoms with E-state index in [1.807, 2.05) is 18.2 Å². The first-order valence-electron chi connectivity index (χ1n) is 11.7. The molecule has 0 spiro atoms. The number of para-hydroxylation sites is 1. The highest BCUT2D eigenvalue weighted by Crippen LogP contribution is 2.27. The summed E-state index contributed by atoms with van der Waals surface area (Å²) in [6, 6.07) is 14.8. The topological polar surface area (TPSA) is 137 Å². The normalized spacial score (nSPS) is 11.5. The molecule has 0 atom stereocenters. The van der Waals surface area contributed by atoms with Gasteiger partial charge < -0.3 is 14.8 Å². The molecule has 0 saturated carbocycles. The van der Waals surface area contributed by atoms with E-state index in [9.17, 15) is 22.8 Å². The number of nitrogens with one attached hydrogen (secondary N) is 1. The summed E-state index contributed by atoms with van der Waals surface area (Å²) in [4.78, 5) is 43.3. The number of fused-ring (bicyclic) bond motifs is 1. The molecule has 0 aliphatic heterocycles. The van der Waals surface area contributed by atoms with Crippen molar-refractivity contribution in [1.82, 2.24) is 13.9 Å². The lowest BCUT2D eigenvalue weighted by atomic mass is 10.2. The van der Waals surface area contributed by atoms with Crippen LogP contribution < -0.4 is 15.6 Å². The monoisotopic (exact) mass is 570 g/mol. The van der Waals surface area contributed by atoms with Crippen molar-refractivity contribution in [2.45, 2.75) is 18.4 Å². The third-order valence-corrected chi connectivity index (χ3v) is 8.67. The molecule has 0 aliphatic rings. The Labute approximate surface area is 228 Å². The molecular weight excluding hydrogens is 544 g/mol. The number of thiophene rings is 1. The maximum Gasteiger partial charge on any atom is 0.348 e. The lowest BCUT2D eigenvalue weighted by Gasteiger charge is -2.12. The number of carbonyl (C=O) groups excluding carboxylic acids is 2. The molecule has 1 amide bonds. The van der Waals surface area contributed by atoms with Crippen LogP contribution in [0.3, 0.4) is 0 Å². The van der Waals surface area contributed by atoms with E-state index >= 15 is 0 Å². The second-order valence-corrected chi connectivity index (χ2v) is 11.7. The maximum atomic E-state index is 13.1. The van der Waals surface area contributed by atoms with Crippen LogP contribution in [0.4, 0.5) is 5.69 Å². The van der Waals surface area contributed by atoms with Gasteiger partial charge in [0.15, 0.2) is 0 Å². The first-order valence-corrected chi connectivity index (χ1v) is 14.0. The van der Waals surface area contributed by atoms with Crippen LogP contribution in [0, 0.1) is 6.92 Å². The number of anilines is 1. The SMILES string of the molecule is Cc1c(C(=O)OCCOc2ccccc2)sc2ncn(CC(=O)Nc3ccc(S(=O)(=O)N(C)C)cc3)c(=O)c12. The Bertz CT molecular complexity index is 1660. The summed E-state index contributed by atoms with van der Waals surface area (Å²) in [5.41, 5.74) is 0.324. The molecule has 0 aliphatic carbocycles. The average Bonchev–Trinajstić information content (AvgIpc) is 3.26. The zero-order valence-electron chi connectivity index (χ0n) is 21.4. The number of nitrogens with zero attached hydrogens (tertiary/aromatic N) is 3. The first kappa shape index (κ1) is 28.0. The number of rotatable bonds is 10. The molecule has 39 heavy (non-hydrogen) atoms. The summed E-state index contributed by atoms with van der Waals surface area (Å²) < 4.78 is 37.5. The summed E-state index contributed by atoms with van der Waals surface area (Å²) in [5.74, 6) is -0.433. The molecule has 0 fully saturated rings. The number of hydrogen-bond acceptors (Lipinski definition) is 9. The van der Waals surface area contributed by atoms with Crippen LogP contribution >= 0.6 is 11.3 Å². The molecule has 2 aromatic carbocycles. The summed E-state index contributed by atoms with van der Waals surface area (Å²) in [7, 11) is -0.740. The average molecular weight is 571 g/mol. The van der Waals surface area contributed by atoms with E-state index < -0.39 is 27.5 Å². The number of ether oxygens (including phenoxy) is 2. The predicted octanol–water partition coefficient (Wildman–Crippen LogP) is 2.89. The minimum Gasteiger partial charge on any atom is -0.490 e. The van der Waals surface area contributed by atoms with Crippen LogP contribution in [0.5, 0.6) is 5.75 Å². The number of sulfonamides is 1. The molecule has 204 valence electrons. The highest BCUT2D eigenvalue weighted by atomic mass is 32.2. The van der Waals surface area contributed by atoms with Crippen molar-refractivity contribution >= 4 is 49.1 Å². The zero-order chi connectivity index (χ0) is 28.2. The lowest BCUT2D eigenvalue weighted by molar-refractivity contribution is -0.116. The third-order valence-electron chi connectivity index (χ3n) is 5.66. The quantitative estimate of drug-likeness (QED) is 0.227. The second kappa shape index (κ2) is 11.8. The van der Waals surface area contributed by atoms with Crippen molar-refractivity contribution in [3.63, 3.8) is 0 Å². The minimum atomic E-state index is -3.60. The van der Waals surface area contributed by atoms with Gasteiger partial charge in [-0.3, -0.25) is 14.2 Å². The molecule has 11 nitrogen and oxygen atoms in total. The van der Waals surface area contributed by atoms with E-state index in [1.165, 1.54) is 44.7 Å². The van der Waals surface area contributed by atoms with Crippen LogP contribution in [-0.2, 0) is 26.1 Å². The van der Waals surface area contributed by atoms with Crippen LogP contribution in [0.15, 0.2) is 70.6 Å². The molecule has 0 radical (unpaired) electrons. The van der Waals surface area contributed by atoms with E-state index in [0.717, 1.165) is 20.2 Å². The van der Waals surface area contributed by atoms with Crippen molar-refractivity contribution in [3.8, 4) is 5.75 Å². The molecule has 0 bridgehead atoms. The number of hydrogen-bond donors (Lipinski definition) is 1. The van der Waals surface area contributed by atoms with E-state index in [4.69, 9.17) is 9.47 Å². The number of amides is 1. The fourth-order valence-corrected chi connectivity index (χ4v) is 5.55. The van der Waals surface area contributed by atoms with Gasteiger partial charge in [-0.25, -0.2) is 22.5 Å². The largest absolute Gasteiger partial charge is 0.490 e. The van der Waals surface area contributed by atoms with Crippen molar-refractivity contribution < 1.29 is 27.5 Å². The van der Waals surface area contributed by atoms with E-state index in [-0.39, 0.29) is 34.9 Å². The van der Waals surface area contributed by atoms with Gasteiger partial charge in [-0.15, -0.1) is 11.3 Å². The summed E-state index contributed by atoms with van der Waals surface area (Å²) in [5, 5.41) is 2.87. The van der Waals surface area contributed by atoms with Crippen LogP contribution in [0.25, 0.3) is 10.2 Å². The van der Waals surface area contributed by atoms with Crippen molar-refractivity contribution in [2.24, 2.45) is 0 Å². The van der Waals surface area contributed by atoms with E-state index in [2.05, 4.69) is 10.3 Å². The summed E-state index contributed by atoms with van der Waals surface area (Å²) >= 11 is 1.04. The highest BCUT2D eigenvalue weighted by molar-refractivity contribution is 7.89. The van der Waals surface area contributed by atoms with E-state index in [1.54, 1.807) is 19.1 Å². The van der Waals surface area contributed by atoms with Crippen LogP contribution in [-0.4, -0.2) is 61.5 Å². The predicted molar refractivity (Wildman–Crippen MR) is 147 cm³/mol. The number of esters is 1. The van der Waals surface area contributed by atoms with Crippen molar-refractivity contribution in [1.29, 1.82) is 0 Å². The van der Waals surface area contributed by atoms with Crippen molar-refractivity contribution in [3.05, 3.63) is 81.7 Å². The summed E-state index contributed by atoms with van der Waals surface area (Å²) in [6.07, 6.45) is 1.25. The number of aryl methyl sites for hydroxylation is 1. The maximum absolute atomic E-state index is 13.1. The van der Waals surface area contributed by atoms with Crippen molar-refractivity contribution in [2.75, 3.05) is 32.6 Å². The number of benzene rings is 2. The Balaban J connectivity index is 1.41. The molecule has 2 heterocycles. The highest BCUT2D eigenvalue weighted by Gasteiger charge is 2.21. The van der Waals surface area contributed by atoms with Gasteiger partial charge in [0, 0.05) is 19.8 Å². The van der Waals surface area contributed by atoms with Gasteiger partial charge in [-0.2, -0.15) is 0 Å². The van der Waals surface area contributed by atoms with Gasteiger partial charge in [-0.05, 0) is 48.9 Å². The molecule has 1 N–H and O–H groups in total. The van der Waals surface area contributed by atoms with Gasteiger partial charge in [-0.1, -0.05) is 18.2 Å². The third kappa shape index (κ3) is 6.33. The Morgan fingerprint density at radius 3 is 2.41 bits per heavy atom. The van der Waals surface area contributed by atoms with Gasteiger partial charge in [0.05, 0.1) is 16.6 Å². The fourth-order valence-electron chi connectivity index (χ4n) is 3.62. The fraction of sp³-hybridized carbons (Fsp3) is 0.231. The van der Waals surface area contributed by atoms with Gasteiger partial charge in [0.1, 0.15) is 35.2 Å². The van der Waals surface area contributed by atoms with Gasteiger partial charge in [0.25, 0.3) is 5.56 Å².